The van der Waals surface area contributed by atoms with Crippen LogP contribution in [0.1, 0.15) is 111 Å². The molecule has 0 saturated carbocycles. The standard InChI is InChI=1S/C30H23N5O.C25H24ClFN4O2.C22H23N3O4.C15H16N2.C13H16N2.C12H15N3/c1-30(2,18-31)22-9-11-23(12-10-22)35-28-24-15-19(21-14-20-6-4-5-7-25(20)32-16-21)8-13-26(24)33-17-27(28)34(3)29(35)36;1-4-33-24-13-23-20(11-16(24)10-19(32)6-5-9-31(2)3)25(17(14-28)15-29-23)30-18-7-8-22(27)21(26)12-18;1-4-16-6-5-7-17(12-16)25-22-18-13-20(28-10-8-26-2)21(29-11-9-27-3)14-19(18)23-15-24-22;1-5-11-10-16-13-9-7-6-8-12(13)14(11)17-15(2,3)4;1-13(2,3)15-12-8-9-14-11-7-5-4-6-10(11)12;1-12(2,3)15-11-9-6-4-5-7-10(9)13-8-14-11/h4-17H,1-3H3;5-8,11-13,15H,4,9-10H2,1-3H3,(H,29,30);1,5-7,12-15H,8-11H2,2-3H3,(H,23,24,25);1,6-10H,2-4H3,(H,16,17);4-9H,1-3H3,(H,14,15);4-8H,1-3H3,(H,13,14,15)/b;6-5+;;;;. The van der Waals surface area contributed by atoms with Crippen molar-refractivity contribution in [3.05, 3.63) is 323 Å². The summed E-state index contributed by atoms with van der Waals surface area (Å²) in [6.45, 7) is 27.6. The zero-order valence-electron chi connectivity index (χ0n) is 84.5. The largest absolute Gasteiger partial charge is 0.494 e. The Hall–Kier alpha value is -16.8. The maximum atomic E-state index is 13.6. The third-order valence-electron chi connectivity index (χ3n) is 22.4. The summed E-state index contributed by atoms with van der Waals surface area (Å²) in [6.07, 6.45) is 26.3. The van der Waals surface area contributed by atoms with Crippen LogP contribution in [0.2, 0.25) is 5.02 Å². The van der Waals surface area contributed by atoms with Crippen LogP contribution in [-0.4, -0.2) is 149 Å². The van der Waals surface area contributed by atoms with Crippen molar-refractivity contribution in [2.45, 2.75) is 112 Å². The number of nitriles is 2. The number of carbonyl (C=O) groups excluding carboxylic acids is 1. The molecule has 0 spiro atoms. The summed E-state index contributed by atoms with van der Waals surface area (Å²) in [6, 6.07) is 73.6. The van der Waals surface area contributed by atoms with Crippen molar-refractivity contribution in [2.75, 3.05) is 94.5 Å². The molecule has 736 valence electrons. The monoisotopic (exact) mass is 1950 g/mol. The summed E-state index contributed by atoms with van der Waals surface area (Å²) in [5.41, 5.74) is 17.1. The van der Waals surface area contributed by atoms with Crippen molar-refractivity contribution in [3.63, 3.8) is 0 Å². The third kappa shape index (κ3) is 27.7. The van der Waals surface area contributed by atoms with Crippen molar-refractivity contribution in [3.8, 4) is 70.9 Å². The highest BCUT2D eigenvalue weighted by Crippen LogP contribution is 2.40. The smallest absolute Gasteiger partial charge is 0.333 e. The molecule has 18 aromatic rings. The maximum Gasteiger partial charge on any atom is 0.333 e. The van der Waals surface area contributed by atoms with E-state index in [2.05, 4.69) is 182 Å². The van der Waals surface area contributed by atoms with Gasteiger partial charge in [-0.05, 0) is 230 Å². The van der Waals surface area contributed by atoms with Gasteiger partial charge in [-0.2, -0.15) is 10.5 Å². The zero-order valence-corrected chi connectivity index (χ0v) is 85.2. The molecule has 26 nitrogen and oxygen atoms in total. The highest BCUT2D eigenvalue weighted by atomic mass is 35.5. The van der Waals surface area contributed by atoms with Crippen molar-refractivity contribution in [2.24, 2.45) is 7.05 Å². The molecule has 0 atom stereocenters. The van der Waals surface area contributed by atoms with Crippen molar-refractivity contribution in [1.29, 1.82) is 10.5 Å². The average Bonchev–Trinajstić information content (AvgIpc) is 1.69. The van der Waals surface area contributed by atoms with Crippen LogP contribution < -0.4 is 46.5 Å². The second-order valence-corrected chi connectivity index (χ2v) is 38.2. The second kappa shape index (κ2) is 48.1. The van der Waals surface area contributed by atoms with Crippen molar-refractivity contribution < 1.29 is 32.9 Å². The lowest BCUT2D eigenvalue weighted by Crippen LogP contribution is -2.26. The number of allylic oxidation sites excluding steroid dienone is 1. The third-order valence-corrected chi connectivity index (χ3v) is 22.7. The number of pyridine rings is 5. The minimum absolute atomic E-state index is 0.0110. The molecule has 145 heavy (non-hydrogen) atoms. The van der Waals surface area contributed by atoms with Crippen LogP contribution in [0, 0.1) is 53.2 Å². The Morgan fingerprint density at radius 3 is 1.76 bits per heavy atom. The number of anilines is 7. The topological polar surface area (TPSA) is 317 Å². The molecule has 8 heterocycles. The van der Waals surface area contributed by atoms with E-state index in [9.17, 15) is 24.5 Å². The maximum absolute atomic E-state index is 13.6. The number of rotatable bonds is 25. The molecular weight excluding hydrogens is 1840 g/mol. The van der Waals surface area contributed by atoms with E-state index >= 15 is 0 Å². The van der Waals surface area contributed by atoms with Crippen LogP contribution in [0.4, 0.5) is 44.5 Å². The van der Waals surface area contributed by atoms with Gasteiger partial charge in [0.25, 0.3) is 0 Å². The average molecular weight is 1960 g/mol. The first kappa shape index (κ1) is 106. The van der Waals surface area contributed by atoms with E-state index in [1.807, 2.05) is 222 Å². The lowest BCUT2D eigenvalue weighted by molar-refractivity contribution is -0.114. The number of halogens is 2. The summed E-state index contributed by atoms with van der Waals surface area (Å²) in [5.74, 6) is 7.98. The number of aromatic nitrogens is 11. The van der Waals surface area contributed by atoms with Crippen LogP contribution in [-0.2, 0) is 33.2 Å². The van der Waals surface area contributed by atoms with Gasteiger partial charge >= 0.3 is 5.69 Å². The number of fused-ring (bicyclic) bond motifs is 9. The minimum atomic E-state index is -0.609. The fourth-order valence-corrected chi connectivity index (χ4v) is 15.7. The molecule has 0 aliphatic carbocycles. The van der Waals surface area contributed by atoms with Gasteiger partial charge in [-0.15, -0.1) is 12.8 Å². The molecule has 0 bridgehead atoms. The normalized spacial score (nSPS) is 11.3. The Labute approximate surface area is 849 Å². The van der Waals surface area contributed by atoms with Crippen LogP contribution in [0.25, 0.3) is 104 Å². The van der Waals surface area contributed by atoms with E-state index in [0.29, 0.717) is 96.1 Å². The minimum Gasteiger partial charge on any atom is -0.494 e. The predicted molar refractivity (Wildman–Crippen MR) is 585 cm³/mol. The fraction of sp³-hybridized carbons (Fsp3) is 0.239. The molecule has 10 aromatic carbocycles. The number of methoxy groups -OCH3 is 2. The van der Waals surface area contributed by atoms with E-state index in [-0.39, 0.29) is 39.5 Å². The summed E-state index contributed by atoms with van der Waals surface area (Å²) in [4.78, 5) is 67.5. The molecule has 0 radical (unpaired) electrons. The molecule has 0 fully saturated rings. The summed E-state index contributed by atoms with van der Waals surface area (Å²) >= 11 is 5.92. The fourth-order valence-electron chi connectivity index (χ4n) is 15.5. The van der Waals surface area contributed by atoms with Gasteiger partial charge in [-0.3, -0.25) is 38.8 Å². The van der Waals surface area contributed by atoms with Gasteiger partial charge in [-0.1, -0.05) is 121 Å². The van der Waals surface area contributed by atoms with Gasteiger partial charge in [0.05, 0.1) is 120 Å². The number of nitrogens with one attached hydrogen (secondary N) is 5. The number of hydrogen-bond acceptors (Lipinski definition) is 24. The number of ether oxygens (including phenoxy) is 5. The molecule has 0 saturated heterocycles. The molecule has 0 aliphatic heterocycles. The van der Waals surface area contributed by atoms with Gasteiger partial charge in [0.15, 0.2) is 17.3 Å². The van der Waals surface area contributed by atoms with Crippen LogP contribution >= 0.6 is 11.6 Å². The van der Waals surface area contributed by atoms with Gasteiger partial charge in [0.1, 0.15) is 55.1 Å². The number of ketones is 1. The first-order valence-corrected chi connectivity index (χ1v) is 47.5. The Morgan fingerprint density at radius 2 is 1.10 bits per heavy atom. The number of aryl methyl sites for hydroxylation is 1. The predicted octanol–water partition coefficient (Wildman–Crippen LogP) is 24.3. The lowest BCUT2D eigenvalue weighted by atomic mass is 9.86. The first-order chi connectivity index (χ1) is 69.6. The summed E-state index contributed by atoms with van der Waals surface area (Å²) < 4.78 is 44.5. The molecule has 5 N–H and O–H groups in total. The number of benzene rings is 10. The van der Waals surface area contributed by atoms with E-state index in [4.69, 9.17) is 48.1 Å². The zero-order chi connectivity index (χ0) is 104. The molecule has 28 heteroatoms. The highest BCUT2D eigenvalue weighted by Gasteiger charge is 2.25. The van der Waals surface area contributed by atoms with Crippen molar-refractivity contribution in [1.82, 2.24) is 58.9 Å². The summed E-state index contributed by atoms with van der Waals surface area (Å²) in [7, 11) is 8.86. The van der Waals surface area contributed by atoms with E-state index in [0.717, 1.165) is 127 Å². The SMILES string of the molecule is C#Cc1cccc(Nc2ncnc3cc(OCCOC)c(OCCOC)cc23)c1.C#Cc1cnc2ccccc2c1NC(C)(C)C.CC(C)(C)Nc1ccnc2ccccc12.CC(C)(C)Nc1ncnc2ccccc12.CCOc1cc2ncc(C#N)c(Nc3ccc(F)c(Cl)c3)c2cc1CC(=O)/C=C/CN(C)C.Cn1c(=O)n(-c2ccc(C(C)(C)C#N)cc2)c2c3cc(-c4cnc5ccccc5c4)ccc3ncc21. The Kier molecular flexibility index (Phi) is 35.0. The molecular formula is C117H117ClFN19O7. The molecule has 8 aromatic heterocycles. The van der Waals surface area contributed by atoms with E-state index in [1.54, 1.807) is 67.3 Å². The Bertz CT molecular complexity index is 7880. The Balaban J connectivity index is 0.000000151. The van der Waals surface area contributed by atoms with Crippen LogP contribution in [0.5, 0.6) is 17.2 Å². The van der Waals surface area contributed by atoms with E-state index < -0.39 is 11.2 Å². The lowest BCUT2D eigenvalue weighted by Gasteiger charge is -2.24. The number of para-hydroxylation sites is 4. The quantitative estimate of drug-likeness (QED) is 0.0202. The summed E-state index contributed by atoms with van der Waals surface area (Å²) in [5, 5.41) is 42.6. The Morgan fingerprint density at radius 1 is 0.510 bits per heavy atom. The van der Waals surface area contributed by atoms with Gasteiger partial charge < -0.3 is 55.2 Å². The number of likely N-dealkylation sites (N-methyl/N-ethyl adjacent to an activating group) is 1. The van der Waals surface area contributed by atoms with Gasteiger partial charge in [0.2, 0.25) is 0 Å². The number of imidazole rings is 1. The number of hydrogen-bond donors (Lipinski definition) is 5. The van der Waals surface area contributed by atoms with E-state index in [1.165, 1.54) is 36.1 Å². The number of nitrogens with zero attached hydrogens (tertiary/aromatic N) is 14. The number of carbonyl (C=O) groups is 1. The van der Waals surface area contributed by atoms with Gasteiger partial charge in [-0.25, -0.2) is 29.1 Å². The molecule has 0 unspecified atom stereocenters. The van der Waals surface area contributed by atoms with Crippen LogP contribution in [0.3, 0.4) is 0 Å². The number of terminal acetylenes is 2. The van der Waals surface area contributed by atoms with Crippen molar-refractivity contribution >= 4 is 145 Å². The molecule has 18 rings (SSSR count). The van der Waals surface area contributed by atoms with Crippen LogP contribution in [0.15, 0.2) is 279 Å². The highest BCUT2D eigenvalue weighted by molar-refractivity contribution is 6.31. The molecule has 0 amide bonds. The first-order valence-electron chi connectivity index (χ1n) is 47.1. The molecule has 0 aliphatic rings. The second-order valence-electron chi connectivity index (χ2n) is 37.8. The van der Waals surface area contributed by atoms with Gasteiger partial charge in [0, 0.05) is 159 Å².